The van der Waals surface area contributed by atoms with Crippen LogP contribution in [0.25, 0.3) is 0 Å². The number of carbonyl (C=O) groups is 3. The van der Waals surface area contributed by atoms with Crippen LogP contribution in [0.1, 0.15) is 18.9 Å². The topological polar surface area (TPSA) is 145 Å². The SMILES string of the molecule is COc1ccc(NC(=O)CC(OC(=O)C(Cc2ccccc2)OC)C(C)=O)c(S(=O)(=O)O)c1. The van der Waals surface area contributed by atoms with Crippen molar-refractivity contribution in [2.24, 2.45) is 0 Å². The predicted molar refractivity (Wildman–Crippen MR) is 118 cm³/mol. The van der Waals surface area contributed by atoms with Gasteiger partial charge in [-0.05, 0) is 24.6 Å². The molecule has 2 aromatic carbocycles. The number of amides is 1. The summed E-state index contributed by atoms with van der Waals surface area (Å²) in [5, 5.41) is 2.30. The summed E-state index contributed by atoms with van der Waals surface area (Å²) in [6.07, 6.45) is -2.78. The van der Waals surface area contributed by atoms with Gasteiger partial charge in [0.2, 0.25) is 5.91 Å². The van der Waals surface area contributed by atoms with Crippen LogP contribution >= 0.6 is 0 Å². The Morgan fingerprint density at radius 3 is 2.24 bits per heavy atom. The molecule has 2 N–H and O–H groups in total. The number of Topliss-reactive ketones (excluding diaryl/α,β-unsaturated/α-hetero) is 1. The molecule has 2 aromatic rings. The van der Waals surface area contributed by atoms with Crippen molar-refractivity contribution < 1.29 is 41.6 Å². The number of hydrogen-bond donors (Lipinski definition) is 2. The molecule has 0 spiro atoms. The number of rotatable bonds is 11. The average Bonchev–Trinajstić information content (AvgIpc) is 2.77. The smallest absolute Gasteiger partial charge is 0.336 e. The molecule has 0 aliphatic carbocycles. The Bertz CT molecular complexity index is 1100. The Labute approximate surface area is 191 Å². The number of nitrogens with one attached hydrogen (secondary N) is 1. The highest BCUT2D eigenvalue weighted by molar-refractivity contribution is 7.86. The molecule has 2 atom stereocenters. The van der Waals surface area contributed by atoms with Gasteiger partial charge in [-0.25, -0.2) is 4.79 Å². The molecule has 0 aromatic heterocycles. The first-order valence-corrected chi connectivity index (χ1v) is 11.2. The largest absolute Gasteiger partial charge is 0.497 e. The van der Waals surface area contributed by atoms with Gasteiger partial charge >= 0.3 is 5.97 Å². The summed E-state index contributed by atoms with van der Waals surface area (Å²) < 4.78 is 48.0. The Morgan fingerprint density at radius 2 is 1.70 bits per heavy atom. The molecule has 11 heteroatoms. The van der Waals surface area contributed by atoms with E-state index in [4.69, 9.17) is 14.2 Å². The molecular formula is C22H25NO9S. The molecule has 0 saturated carbocycles. The molecule has 2 unspecified atom stereocenters. The summed E-state index contributed by atoms with van der Waals surface area (Å²) in [6.45, 7) is 1.15. The van der Waals surface area contributed by atoms with Crippen LogP contribution in [0.2, 0.25) is 0 Å². The second-order valence-corrected chi connectivity index (χ2v) is 8.43. The maximum absolute atomic E-state index is 12.5. The van der Waals surface area contributed by atoms with Gasteiger partial charge in [0.1, 0.15) is 10.6 Å². The molecule has 1 amide bonds. The Kier molecular flexibility index (Phi) is 9.09. The molecule has 10 nitrogen and oxygen atoms in total. The molecule has 178 valence electrons. The van der Waals surface area contributed by atoms with E-state index in [0.29, 0.717) is 0 Å². The summed E-state index contributed by atoms with van der Waals surface area (Å²) >= 11 is 0. The van der Waals surface area contributed by atoms with E-state index in [2.05, 4.69) is 5.32 Å². The van der Waals surface area contributed by atoms with Gasteiger partial charge in [0.15, 0.2) is 18.0 Å². The van der Waals surface area contributed by atoms with E-state index in [0.717, 1.165) is 18.6 Å². The number of esters is 1. The number of anilines is 1. The quantitative estimate of drug-likeness (QED) is 0.365. The minimum Gasteiger partial charge on any atom is -0.497 e. The van der Waals surface area contributed by atoms with E-state index >= 15 is 0 Å². The maximum atomic E-state index is 12.5. The first-order valence-electron chi connectivity index (χ1n) is 9.78. The maximum Gasteiger partial charge on any atom is 0.336 e. The number of methoxy groups -OCH3 is 2. The first-order chi connectivity index (χ1) is 15.5. The summed E-state index contributed by atoms with van der Waals surface area (Å²) in [5.41, 5.74) is 0.589. The number of hydrogen-bond acceptors (Lipinski definition) is 8. The molecule has 0 radical (unpaired) electrons. The van der Waals surface area contributed by atoms with Crippen molar-refractivity contribution in [2.45, 2.75) is 36.9 Å². The lowest BCUT2D eigenvalue weighted by molar-refractivity contribution is -0.165. The lowest BCUT2D eigenvalue weighted by Gasteiger charge is -2.20. The van der Waals surface area contributed by atoms with Crippen molar-refractivity contribution in [3.63, 3.8) is 0 Å². The standard InChI is InChI=1S/C22H25NO9S/c1-14(24)18(32-22(26)19(31-3)11-15-7-5-4-6-8-15)13-21(25)23-17-10-9-16(30-2)12-20(17)33(27,28)29/h4-10,12,18-19H,11,13H2,1-3H3,(H,23,25)(H,27,28,29). The van der Waals surface area contributed by atoms with E-state index in [-0.39, 0.29) is 17.9 Å². The molecule has 0 aliphatic heterocycles. The molecule has 0 saturated heterocycles. The van der Waals surface area contributed by atoms with Gasteiger partial charge in [-0.2, -0.15) is 8.42 Å². The van der Waals surface area contributed by atoms with E-state index in [1.807, 2.05) is 6.07 Å². The van der Waals surface area contributed by atoms with Gasteiger partial charge in [-0.3, -0.25) is 14.1 Å². The van der Waals surface area contributed by atoms with Crippen LogP contribution in [-0.4, -0.2) is 57.1 Å². The third-order valence-electron chi connectivity index (χ3n) is 4.63. The zero-order valence-corrected chi connectivity index (χ0v) is 19.1. The summed E-state index contributed by atoms with van der Waals surface area (Å²) in [7, 11) is -2.06. The summed E-state index contributed by atoms with van der Waals surface area (Å²) in [4.78, 5) is 36.4. The minimum absolute atomic E-state index is 0.139. The van der Waals surface area contributed by atoms with Crippen molar-refractivity contribution in [3.8, 4) is 5.75 Å². The average molecular weight is 480 g/mol. The van der Waals surface area contributed by atoms with Crippen LogP contribution < -0.4 is 10.1 Å². The number of ketones is 1. The fourth-order valence-electron chi connectivity index (χ4n) is 2.89. The highest BCUT2D eigenvalue weighted by Crippen LogP contribution is 2.26. The summed E-state index contributed by atoms with van der Waals surface area (Å²) in [6, 6.07) is 12.7. The van der Waals surface area contributed by atoms with Gasteiger partial charge < -0.3 is 19.5 Å². The Hall–Kier alpha value is -3.28. The highest BCUT2D eigenvalue weighted by atomic mass is 32.2. The number of ether oxygens (including phenoxy) is 3. The number of benzene rings is 2. The van der Waals surface area contributed by atoms with Gasteiger partial charge in [0.05, 0.1) is 19.2 Å². The molecule has 0 fully saturated rings. The van der Waals surface area contributed by atoms with Crippen LogP contribution in [0.15, 0.2) is 53.4 Å². The van der Waals surface area contributed by atoms with Crippen molar-refractivity contribution >= 4 is 33.5 Å². The fourth-order valence-corrected chi connectivity index (χ4v) is 3.55. The van der Waals surface area contributed by atoms with Gasteiger partial charge in [0.25, 0.3) is 10.1 Å². The lowest BCUT2D eigenvalue weighted by Crippen LogP contribution is -2.36. The minimum atomic E-state index is -4.68. The van der Waals surface area contributed by atoms with Gasteiger partial charge in [-0.15, -0.1) is 0 Å². The van der Waals surface area contributed by atoms with Gasteiger partial charge in [-0.1, -0.05) is 30.3 Å². The second kappa shape index (κ2) is 11.5. The van der Waals surface area contributed by atoms with Gasteiger partial charge in [0, 0.05) is 19.6 Å². The number of carbonyl (C=O) groups excluding carboxylic acids is 3. The summed E-state index contributed by atoms with van der Waals surface area (Å²) in [5.74, 6) is -2.08. The fraction of sp³-hybridized carbons (Fsp3) is 0.318. The van der Waals surface area contributed by atoms with Crippen LogP contribution in [0.4, 0.5) is 5.69 Å². The lowest BCUT2D eigenvalue weighted by atomic mass is 10.1. The highest BCUT2D eigenvalue weighted by Gasteiger charge is 2.28. The molecule has 0 bridgehead atoms. The molecular weight excluding hydrogens is 454 g/mol. The Morgan fingerprint density at radius 1 is 1.03 bits per heavy atom. The molecule has 0 aliphatic rings. The van der Waals surface area contributed by atoms with Crippen molar-refractivity contribution in [2.75, 3.05) is 19.5 Å². The van der Waals surface area contributed by atoms with Crippen LogP contribution in [0.5, 0.6) is 5.75 Å². The van der Waals surface area contributed by atoms with E-state index in [1.54, 1.807) is 24.3 Å². The van der Waals surface area contributed by atoms with Crippen molar-refractivity contribution in [1.82, 2.24) is 0 Å². The van der Waals surface area contributed by atoms with Crippen LogP contribution in [0.3, 0.4) is 0 Å². The van der Waals surface area contributed by atoms with Crippen LogP contribution in [0, 0.1) is 0 Å². The second-order valence-electron chi connectivity index (χ2n) is 7.04. The Balaban J connectivity index is 2.11. The molecule has 0 heterocycles. The molecule has 2 rings (SSSR count). The third kappa shape index (κ3) is 7.67. The van der Waals surface area contributed by atoms with E-state index < -0.39 is 51.3 Å². The van der Waals surface area contributed by atoms with E-state index in [1.165, 1.54) is 26.4 Å². The monoisotopic (exact) mass is 479 g/mol. The van der Waals surface area contributed by atoms with Crippen molar-refractivity contribution in [1.29, 1.82) is 0 Å². The predicted octanol–water partition coefficient (Wildman–Crippen LogP) is 2.03. The van der Waals surface area contributed by atoms with E-state index in [9.17, 15) is 27.4 Å². The normalized spacial score (nSPS) is 13.0. The molecule has 33 heavy (non-hydrogen) atoms. The van der Waals surface area contributed by atoms with Crippen LogP contribution in [-0.2, 0) is 40.4 Å². The third-order valence-corrected chi connectivity index (χ3v) is 5.53. The zero-order valence-electron chi connectivity index (χ0n) is 18.3. The zero-order chi connectivity index (χ0) is 24.6. The van der Waals surface area contributed by atoms with Crippen molar-refractivity contribution in [3.05, 3.63) is 54.1 Å². The first kappa shape index (κ1) is 26.0.